The van der Waals surface area contributed by atoms with Crippen LogP contribution in [0.15, 0.2) is 30.5 Å². The van der Waals surface area contributed by atoms with Gasteiger partial charge < -0.3 is 10.5 Å². The summed E-state index contributed by atoms with van der Waals surface area (Å²) in [5.74, 6) is 0.762. The third-order valence-electron chi connectivity index (χ3n) is 1.93. The second kappa shape index (κ2) is 5.00. The smallest absolute Gasteiger partial charge is 0.238 e. The van der Waals surface area contributed by atoms with Crippen LogP contribution in [0.5, 0.6) is 11.6 Å². The van der Waals surface area contributed by atoms with E-state index in [2.05, 4.69) is 4.98 Å². The Bertz CT molecular complexity index is 560. The molecule has 0 saturated carbocycles. The molecule has 0 fully saturated rings. The lowest BCUT2D eigenvalue weighted by Crippen LogP contribution is -1.92. The molecule has 0 amide bonds. The summed E-state index contributed by atoms with van der Waals surface area (Å²) in [6, 6.07) is 6.44. The maximum absolute atomic E-state index is 5.92. The summed E-state index contributed by atoms with van der Waals surface area (Å²) in [7, 11) is 0. The summed E-state index contributed by atoms with van der Waals surface area (Å²) in [5, 5.41) is 1.18. The molecule has 0 bridgehead atoms. The lowest BCUT2D eigenvalue weighted by atomic mass is 10.3. The Morgan fingerprint density at radius 2 is 1.76 bits per heavy atom. The van der Waals surface area contributed by atoms with Gasteiger partial charge in [-0.2, -0.15) is 0 Å². The third-order valence-corrected chi connectivity index (χ3v) is 2.94. The predicted molar refractivity (Wildman–Crippen MR) is 70.2 cm³/mol. The van der Waals surface area contributed by atoms with Crippen molar-refractivity contribution in [3.05, 3.63) is 45.5 Å². The van der Waals surface area contributed by atoms with E-state index in [4.69, 9.17) is 45.3 Å². The summed E-state index contributed by atoms with van der Waals surface area (Å²) in [6.07, 6.45) is 1.46. The van der Waals surface area contributed by atoms with Crippen molar-refractivity contribution in [1.82, 2.24) is 4.98 Å². The number of nitrogens with two attached hydrogens (primary N) is 1. The van der Waals surface area contributed by atoms with Gasteiger partial charge in [-0.05, 0) is 18.2 Å². The van der Waals surface area contributed by atoms with Crippen LogP contribution in [-0.4, -0.2) is 4.98 Å². The molecule has 2 N–H and O–H groups in total. The molecule has 88 valence electrons. The van der Waals surface area contributed by atoms with Gasteiger partial charge >= 0.3 is 0 Å². The molecule has 0 radical (unpaired) electrons. The molecule has 2 aromatic rings. The molecule has 3 nitrogen and oxygen atoms in total. The highest BCUT2D eigenvalue weighted by molar-refractivity contribution is 6.42. The zero-order valence-corrected chi connectivity index (χ0v) is 10.7. The summed E-state index contributed by atoms with van der Waals surface area (Å²) in [5.41, 5.74) is 5.99. The molecule has 1 aromatic carbocycles. The van der Waals surface area contributed by atoms with Gasteiger partial charge in [0, 0.05) is 6.07 Å². The first kappa shape index (κ1) is 12.3. The Kier molecular flexibility index (Phi) is 3.62. The van der Waals surface area contributed by atoms with Crippen LogP contribution >= 0.6 is 34.8 Å². The Morgan fingerprint density at radius 1 is 1.00 bits per heavy atom. The zero-order valence-electron chi connectivity index (χ0n) is 8.45. The van der Waals surface area contributed by atoms with Crippen molar-refractivity contribution >= 4 is 40.5 Å². The fourth-order valence-electron chi connectivity index (χ4n) is 1.17. The van der Waals surface area contributed by atoms with Gasteiger partial charge in [-0.25, -0.2) is 4.98 Å². The van der Waals surface area contributed by atoms with E-state index in [9.17, 15) is 0 Å². The van der Waals surface area contributed by atoms with Gasteiger partial charge in [-0.15, -0.1) is 0 Å². The highest BCUT2D eigenvalue weighted by Crippen LogP contribution is 2.32. The number of pyridine rings is 1. The van der Waals surface area contributed by atoms with Crippen LogP contribution in [0.3, 0.4) is 0 Å². The largest absolute Gasteiger partial charge is 0.437 e. The SMILES string of the molecule is Nc1cnc(Oc2ccc(Cl)c(Cl)c2)c(Cl)c1. The lowest BCUT2D eigenvalue weighted by Gasteiger charge is -2.07. The van der Waals surface area contributed by atoms with Crippen LogP contribution in [0.25, 0.3) is 0 Å². The Labute approximate surface area is 113 Å². The summed E-state index contributed by atoms with van der Waals surface area (Å²) >= 11 is 17.6. The van der Waals surface area contributed by atoms with Crippen LogP contribution < -0.4 is 10.5 Å². The Hall–Kier alpha value is -1.16. The first-order valence-corrected chi connectivity index (χ1v) is 5.73. The van der Waals surface area contributed by atoms with E-state index < -0.39 is 0 Å². The minimum atomic E-state index is 0.263. The Balaban J connectivity index is 2.28. The number of ether oxygens (including phenoxy) is 1. The molecule has 0 saturated heterocycles. The average Bonchev–Trinajstić information content (AvgIpc) is 2.27. The number of anilines is 1. The number of aromatic nitrogens is 1. The highest BCUT2D eigenvalue weighted by Gasteiger charge is 2.07. The Morgan fingerprint density at radius 3 is 2.41 bits per heavy atom. The summed E-state index contributed by atoms with van der Waals surface area (Å²) < 4.78 is 5.46. The van der Waals surface area contributed by atoms with Crippen molar-refractivity contribution in [2.75, 3.05) is 5.73 Å². The number of rotatable bonds is 2. The zero-order chi connectivity index (χ0) is 12.4. The molecule has 1 aromatic heterocycles. The predicted octanol–water partition coefficient (Wildman–Crippen LogP) is 4.42. The van der Waals surface area contributed by atoms with Crippen LogP contribution in [-0.2, 0) is 0 Å². The van der Waals surface area contributed by atoms with E-state index in [-0.39, 0.29) is 5.88 Å². The maximum Gasteiger partial charge on any atom is 0.238 e. The van der Waals surface area contributed by atoms with Crippen LogP contribution in [0.4, 0.5) is 5.69 Å². The number of hydrogen-bond acceptors (Lipinski definition) is 3. The van der Waals surface area contributed by atoms with Crippen molar-refractivity contribution < 1.29 is 4.74 Å². The molecule has 0 aliphatic heterocycles. The number of nitrogens with zero attached hydrogens (tertiary/aromatic N) is 1. The number of halogens is 3. The summed E-state index contributed by atoms with van der Waals surface area (Å²) in [4.78, 5) is 3.97. The second-order valence-corrected chi connectivity index (χ2v) is 4.46. The third kappa shape index (κ3) is 2.94. The van der Waals surface area contributed by atoms with Gasteiger partial charge in [0.1, 0.15) is 10.8 Å². The normalized spacial score (nSPS) is 10.3. The fourth-order valence-corrected chi connectivity index (χ4v) is 1.67. The molecule has 0 aliphatic rings. The fraction of sp³-hybridized carbons (Fsp3) is 0. The van der Waals surface area contributed by atoms with E-state index in [0.29, 0.717) is 26.5 Å². The van der Waals surface area contributed by atoms with Gasteiger partial charge in [-0.1, -0.05) is 34.8 Å². The molecule has 0 spiro atoms. The van der Waals surface area contributed by atoms with Crippen molar-refractivity contribution in [3.8, 4) is 11.6 Å². The topological polar surface area (TPSA) is 48.1 Å². The monoisotopic (exact) mass is 288 g/mol. The lowest BCUT2D eigenvalue weighted by molar-refractivity contribution is 0.463. The molecule has 6 heteroatoms. The van der Waals surface area contributed by atoms with E-state index in [1.54, 1.807) is 24.3 Å². The van der Waals surface area contributed by atoms with Crippen molar-refractivity contribution in [2.24, 2.45) is 0 Å². The molecule has 2 rings (SSSR count). The molecule has 0 unspecified atom stereocenters. The van der Waals surface area contributed by atoms with E-state index in [1.165, 1.54) is 6.20 Å². The minimum Gasteiger partial charge on any atom is -0.437 e. The number of benzene rings is 1. The van der Waals surface area contributed by atoms with Crippen molar-refractivity contribution in [2.45, 2.75) is 0 Å². The summed E-state index contributed by atoms with van der Waals surface area (Å²) in [6.45, 7) is 0. The average molecular weight is 290 g/mol. The van der Waals surface area contributed by atoms with Crippen molar-refractivity contribution in [3.63, 3.8) is 0 Å². The van der Waals surface area contributed by atoms with Gasteiger partial charge in [0.2, 0.25) is 5.88 Å². The van der Waals surface area contributed by atoms with Gasteiger partial charge in [-0.3, -0.25) is 0 Å². The van der Waals surface area contributed by atoms with Crippen LogP contribution in [0, 0.1) is 0 Å². The van der Waals surface area contributed by atoms with E-state index >= 15 is 0 Å². The minimum absolute atomic E-state index is 0.263. The number of nitrogen functional groups attached to an aromatic ring is 1. The second-order valence-electron chi connectivity index (χ2n) is 3.23. The number of hydrogen-bond donors (Lipinski definition) is 1. The highest BCUT2D eigenvalue weighted by atomic mass is 35.5. The van der Waals surface area contributed by atoms with Crippen LogP contribution in [0.2, 0.25) is 15.1 Å². The van der Waals surface area contributed by atoms with Crippen molar-refractivity contribution in [1.29, 1.82) is 0 Å². The molecular weight excluding hydrogens is 282 g/mol. The first-order valence-electron chi connectivity index (χ1n) is 4.60. The molecule has 0 aliphatic carbocycles. The maximum atomic E-state index is 5.92. The molecular formula is C11H7Cl3N2O. The quantitative estimate of drug-likeness (QED) is 0.890. The molecule has 1 heterocycles. The van der Waals surface area contributed by atoms with E-state index in [0.717, 1.165) is 0 Å². The van der Waals surface area contributed by atoms with Gasteiger partial charge in [0.15, 0.2) is 0 Å². The molecule has 0 atom stereocenters. The molecule has 17 heavy (non-hydrogen) atoms. The van der Waals surface area contributed by atoms with Gasteiger partial charge in [0.05, 0.1) is 21.9 Å². The van der Waals surface area contributed by atoms with Gasteiger partial charge in [0.25, 0.3) is 0 Å². The first-order chi connectivity index (χ1) is 8.06. The van der Waals surface area contributed by atoms with Crippen LogP contribution in [0.1, 0.15) is 0 Å². The van der Waals surface area contributed by atoms with E-state index in [1.807, 2.05) is 0 Å². The standard InChI is InChI=1S/C11H7Cl3N2O/c12-8-2-1-7(4-9(8)13)17-11-10(14)3-6(15)5-16-11/h1-5H,15H2.